The van der Waals surface area contributed by atoms with Gasteiger partial charge in [-0.1, -0.05) is 6.07 Å². The van der Waals surface area contributed by atoms with Crippen molar-refractivity contribution < 1.29 is 14.3 Å². The molecule has 0 atom stereocenters. The van der Waals surface area contributed by atoms with Crippen molar-refractivity contribution >= 4 is 16.9 Å². The van der Waals surface area contributed by atoms with Crippen LogP contribution < -0.4 is 0 Å². The number of halogens is 1. The van der Waals surface area contributed by atoms with E-state index in [4.69, 9.17) is 0 Å². The predicted octanol–water partition coefficient (Wildman–Crippen LogP) is 5.10. The highest BCUT2D eigenvalue weighted by Crippen LogP contribution is 2.33. The van der Waals surface area contributed by atoms with Crippen LogP contribution in [0.3, 0.4) is 0 Å². The average molecular weight is 368 g/mol. The molecule has 1 aromatic heterocycles. The lowest BCUT2D eigenvalue weighted by atomic mass is 9.97. The van der Waals surface area contributed by atoms with Gasteiger partial charge in [-0.2, -0.15) is 0 Å². The van der Waals surface area contributed by atoms with Crippen molar-refractivity contribution in [2.45, 2.75) is 33.4 Å². The molecule has 0 aliphatic carbocycles. The third-order valence-corrected chi connectivity index (χ3v) is 4.78. The van der Waals surface area contributed by atoms with Gasteiger partial charge in [0, 0.05) is 35.2 Å². The Morgan fingerprint density at radius 1 is 1.19 bits per heavy atom. The third-order valence-electron chi connectivity index (χ3n) is 4.78. The monoisotopic (exact) mass is 368 g/mol. The Bertz CT molecular complexity index is 1020. The molecule has 0 aliphatic rings. The highest BCUT2D eigenvalue weighted by Gasteiger charge is 2.18. The van der Waals surface area contributed by atoms with Crippen molar-refractivity contribution in [1.82, 2.24) is 9.47 Å². The van der Waals surface area contributed by atoms with Crippen LogP contribution in [-0.2, 0) is 6.54 Å². The van der Waals surface area contributed by atoms with Crippen molar-refractivity contribution in [2.24, 2.45) is 0 Å². The van der Waals surface area contributed by atoms with E-state index in [1.807, 2.05) is 38.2 Å². The Hall–Kier alpha value is -2.66. The Kier molecular flexibility index (Phi) is 5.07. The lowest BCUT2D eigenvalue weighted by Crippen LogP contribution is -2.12. The molecule has 142 valence electrons. The molecule has 1 heterocycles. The summed E-state index contributed by atoms with van der Waals surface area (Å²) in [6.07, 6.45) is 1.99. The topological polar surface area (TPSA) is 45.5 Å². The molecule has 5 heteroatoms. The van der Waals surface area contributed by atoms with E-state index >= 15 is 0 Å². The van der Waals surface area contributed by atoms with Crippen LogP contribution in [0.1, 0.15) is 41.4 Å². The number of hydrogen-bond acceptors (Lipinski definition) is 2. The second-order valence-electron chi connectivity index (χ2n) is 7.58. The number of fused-ring (bicyclic) bond motifs is 1. The lowest BCUT2D eigenvalue weighted by Gasteiger charge is -2.14. The number of rotatable bonds is 5. The molecule has 0 spiro atoms. The molecule has 0 radical (unpaired) electrons. The van der Waals surface area contributed by atoms with Crippen LogP contribution in [0.5, 0.6) is 0 Å². The summed E-state index contributed by atoms with van der Waals surface area (Å²) in [6.45, 7) is 6.55. The number of carbonyl (C=O) groups is 1. The Morgan fingerprint density at radius 3 is 2.48 bits per heavy atom. The molecule has 0 amide bonds. The maximum absolute atomic E-state index is 14.2. The fourth-order valence-electron chi connectivity index (χ4n) is 3.57. The number of aromatic nitrogens is 1. The van der Waals surface area contributed by atoms with Gasteiger partial charge in [0.15, 0.2) is 0 Å². The van der Waals surface area contributed by atoms with Crippen LogP contribution in [0.4, 0.5) is 4.39 Å². The average Bonchev–Trinajstić information content (AvgIpc) is 2.92. The van der Waals surface area contributed by atoms with E-state index in [2.05, 4.69) is 18.4 Å². The number of carboxylic acid groups (broad SMARTS) is 1. The van der Waals surface area contributed by atoms with E-state index in [0.29, 0.717) is 12.1 Å². The van der Waals surface area contributed by atoms with Crippen molar-refractivity contribution in [3.63, 3.8) is 0 Å². The van der Waals surface area contributed by atoms with Crippen LogP contribution >= 0.6 is 0 Å². The smallest absolute Gasteiger partial charge is 0.336 e. The minimum atomic E-state index is -0.956. The quantitative estimate of drug-likeness (QED) is 0.682. The summed E-state index contributed by atoms with van der Waals surface area (Å²) in [6, 6.07) is 8.85. The number of aromatic carboxylic acids is 1. The molecular weight excluding hydrogens is 343 g/mol. The first-order valence-electron chi connectivity index (χ1n) is 9.01. The zero-order valence-corrected chi connectivity index (χ0v) is 16.4. The van der Waals surface area contributed by atoms with Gasteiger partial charge in [-0.3, -0.25) is 0 Å². The molecule has 0 aliphatic heterocycles. The summed E-state index contributed by atoms with van der Waals surface area (Å²) in [5, 5.41) is 10.5. The largest absolute Gasteiger partial charge is 0.478 e. The highest BCUT2D eigenvalue weighted by atomic mass is 19.1. The maximum Gasteiger partial charge on any atom is 0.336 e. The van der Waals surface area contributed by atoms with E-state index in [9.17, 15) is 14.3 Å². The van der Waals surface area contributed by atoms with Crippen LogP contribution in [-0.4, -0.2) is 34.6 Å². The number of benzene rings is 2. The van der Waals surface area contributed by atoms with Gasteiger partial charge in [-0.05, 0) is 75.8 Å². The maximum atomic E-state index is 14.2. The van der Waals surface area contributed by atoms with Gasteiger partial charge in [-0.15, -0.1) is 0 Å². The van der Waals surface area contributed by atoms with Crippen molar-refractivity contribution in [2.75, 3.05) is 14.1 Å². The van der Waals surface area contributed by atoms with Crippen LogP contribution in [0.15, 0.2) is 36.5 Å². The molecule has 1 N–H and O–H groups in total. The van der Waals surface area contributed by atoms with Gasteiger partial charge in [-0.25, -0.2) is 9.18 Å². The number of hydrogen-bond donors (Lipinski definition) is 1. The molecule has 3 rings (SSSR count). The van der Waals surface area contributed by atoms with Gasteiger partial charge in [0.05, 0.1) is 5.56 Å². The first-order chi connectivity index (χ1) is 12.7. The Labute approximate surface area is 158 Å². The number of aryl methyl sites for hydroxylation is 1. The summed E-state index contributed by atoms with van der Waals surface area (Å²) in [7, 11) is 3.78. The first kappa shape index (κ1) is 19.1. The summed E-state index contributed by atoms with van der Waals surface area (Å²) in [5.74, 6) is -1.21. The van der Waals surface area contributed by atoms with E-state index in [1.54, 1.807) is 18.2 Å². The zero-order valence-electron chi connectivity index (χ0n) is 16.4. The van der Waals surface area contributed by atoms with Gasteiger partial charge in [0.1, 0.15) is 5.82 Å². The van der Waals surface area contributed by atoms with E-state index in [1.165, 1.54) is 6.07 Å². The minimum Gasteiger partial charge on any atom is -0.478 e. The standard InChI is InChI=1S/C22H25FN2O2/c1-13(2)25-11-14(3)21-18(22(26)27)9-16(10-20(21)25)15-6-7-19(23)17(8-15)12-24(4)5/h6-11,13H,12H2,1-5H3,(H,26,27). The molecular formula is C22H25FN2O2. The molecule has 27 heavy (non-hydrogen) atoms. The second kappa shape index (κ2) is 7.16. The first-order valence-corrected chi connectivity index (χ1v) is 9.01. The SMILES string of the molecule is Cc1cn(C(C)C)c2cc(-c3ccc(F)c(CN(C)C)c3)cc(C(=O)O)c12. The summed E-state index contributed by atoms with van der Waals surface area (Å²) < 4.78 is 16.2. The normalized spacial score (nSPS) is 11.7. The fourth-order valence-corrected chi connectivity index (χ4v) is 3.57. The van der Waals surface area contributed by atoms with E-state index in [-0.39, 0.29) is 17.4 Å². The van der Waals surface area contributed by atoms with Gasteiger partial charge in [0.25, 0.3) is 0 Å². The fraction of sp³-hybridized carbons (Fsp3) is 0.318. The Balaban J connectivity index is 2.26. The number of carboxylic acids is 1. The van der Waals surface area contributed by atoms with Crippen molar-refractivity contribution in [1.29, 1.82) is 0 Å². The van der Waals surface area contributed by atoms with Gasteiger partial charge >= 0.3 is 5.97 Å². The molecule has 4 nitrogen and oxygen atoms in total. The van der Waals surface area contributed by atoms with E-state index in [0.717, 1.165) is 27.6 Å². The third kappa shape index (κ3) is 3.60. The van der Waals surface area contributed by atoms with Gasteiger partial charge < -0.3 is 14.6 Å². The molecule has 0 fully saturated rings. The summed E-state index contributed by atoms with van der Waals surface area (Å²) in [4.78, 5) is 13.8. The van der Waals surface area contributed by atoms with Crippen molar-refractivity contribution in [3.05, 3.63) is 59.0 Å². The summed E-state index contributed by atoms with van der Waals surface area (Å²) >= 11 is 0. The minimum absolute atomic E-state index is 0.204. The molecule has 0 bridgehead atoms. The molecule has 0 saturated carbocycles. The summed E-state index contributed by atoms with van der Waals surface area (Å²) in [5.41, 5.74) is 4.28. The molecule has 3 aromatic rings. The second-order valence-corrected chi connectivity index (χ2v) is 7.58. The zero-order chi connectivity index (χ0) is 19.9. The Morgan fingerprint density at radius 2 is 1.89 bits per heavy atom. The highest BCUT2D eigenvalue weighted by molar-refractivity contribution is 6.06. The van der Waals surface area contributed by atoms with E-state index < -0.39 is 5.97 Å². The molecule has 0 unspecified atom stereocenters. The molecule has 2 aromatic carbocycles. The number of nitrogens with zero attached hydrogens (tertiary/aromatic N) is 2. The van der Waals surface area contributed by atoms with Gasteiger partial charge in [0.2, 0.25) is 0 Å². The van der Waals surface area contributed by atoms with Crippen molar-refractivity contribution in [3.8, 4) is 11.1 Å². The molecule has 0 saturated heterocycles. The van der Waals surface area contributed by atoms with Crippen LogP contribution in [0.2, 0.25) is 0 Å². The predicted molar refractivity (Wildman–Crippen MR) is 107 cm³/mol. The van der Waals surface area contributed by atoms with Crippen LogP contribution in [0.25, 0.3) is 22.0 Å². The lowest BCUT2D eigenvalue weighted by molar-refractivity contribution is 0.0699. The van der Waals surface area contributed by atoms with Crippen LogP contribution in [0, 0.1) is 12.7 Å².